The van der Waals surface area contributed by atoms with Gasteiger partial charge in [0.25, 0.3) is 0 Å². The summed E-state index contributed by atoms with van der Waals surface area (Å²) in [6.45, 7) is 2.21. The number of allylic oxidation sites excluding steroid dienone is 2. The maximum Gasteiger partial charge on any atom is 0.416 e. The van der Waals surface area contributed by atoms with Crippen LogP contribution in [-0.4, -0.2) is 39.3 Å². The summed E-state index contributed by atoms with van der Waals surface area (Å²) in [6.07, 6.45) is -0.109. The molecule has 5 rings (SSSR count). The Bertz CT molecular complexity index is 1490. The number of nitrogens with two attached hydrogens (primary N) is 2. The highest BCUT2D eigenvalue weighted by atomic mass is 19.4. The molecule has 2 aliphatic rings. The molecule has 1 aromatic carbocycles. The Morgan fingerprint density at radius 1 is 1.14 bits per heavy atom. The fraction of sp³-hybridized carbons (Fsp3) is 0.296. The number of carbonyl (C=O) groups excluding carboxylic acids is 2. The molecule has 0 fully saturated rings. The zero-order valence-electron chi connectivity index (χ0n) is 20.2. The quantitative estimate of drug-likeness (QED) is 0.549. The SMILES string of the molecule is Cc1nc2ccccn2c1CC1(C(N)=O)CC=C(c2cccc(C(F)(F)F)c2)C2=C1CN(C(N)=O)CC2. The van der Waals surface area contributed by atoms with Crippen LogP contribution in [0.3, 0.4) is 0 Å². The number of aryl methyl sites for hydroxylation is 1. The fourth-order valence-electron chi connectivity index (χ4n) is 5.54. The lowest BCUT2D eigenvalue weighted by molar-refractivity contribution is -0.137. The van der Waals surface area contributed by atoms with Crippen LogP contribution in [0, 0.1) is 12.3 Å². The first-order valence-electron chi connectivity index (χ1n) is 11.9. The van der Waals surface area contributed by atoms with E-state index in [9.17, 15) is 22.8 Å². The van der Waals surface area contributed by atoms with Crippen molar-refractivity contribution in [3.63, 3.8) is 0 Å². The summed E-state index contributed by atoms with van der Waals surface area (Å²) < 4.78 is 42.3. The van der Waals surface area contributed by atoms with Gasteiger partial charge in [0.15, 0.2) is 0 Å². The lowest BCUT2D eigenvalue weighted by Gasteiger charge is -2.43. The maximum absolute atomic E-state index is 13.5. The monoisotopic (exact) mass is 509 g/mol. The van der Waals surface area contributed by atoms with Gasteiger partial charge < -0.3 is 20.8 Å². The van der Waals surface area contributed by atoms with Gasteiger partial charge in [-0.25, -0.2) is 9.78 Å². The van der Waals surface area contributed by atoms with Crippen LogP contribution in [0.2, 0.25) is 0 Å². The molecular formula is C27H26F3N5O2. The third-order valence-electron chi connectivity index (χ3n) is 7.48. The molecule has 1 atom stereocenters. The van der Waals surface area contributed by atoms with Crippen LogP contribution in [0.25, 0.3) is 11.2 Å². The first-order valence-corrected chi connectivity index (χ1v) is 11.9. The summed E-state index contributed by atoms with van der Waals surface area (Å²) in [4.78, 5) is 31.4. The average Bonchev–Trinajstić information content (AvgIpc) is 3.17. The Hall–Kier alpha value is -4.08. The zero-order valence-corrected chi connectivity index (χ0v) is 20.2. The molecule has 10 heteroatoms. The highest BCUT2D eigenvalue weighted by Gasteiger charge is 2.47. The molecule has 1 aliphatic heterocycles. The molecule has 3 aromatic rings. The van der Waals surface area contributed by atoms with Crippen molar-refractivity contribution < 1.29 is 22.8 Å². The highest BCUT2D eigenvalue weighted by molar-refractivity contribution is 5.92. The van der Waals surface area contributed by atoms with Crippen molar-refractivity contribution in [1.29, 1.82) is 0 Å². The van der Waals surface area contributed by atoms with Crippen LogP contribution in [0.4, 0.5) is 18.0 Å². The van der Waals surface area contributed by atoms with E-state index in [1.165, 1.54) is 11.0 Å². The van der Waals surface area contributed by atoms with Crippen LogP contribution in [0.15, 0.2) is 65.9 Å². The van der Waals surface area contributed by atoms with E-state index < -0.39 is 29.1 Å². The minimum Gasteiger partial charge on any atom is -0.369 e. The number of amides is 3. The van der Waals surface area contributed by atoms with E-state index in [0.29, 0.717) is 23.1 Å². The minimum atomic E-state index is -4.49. The second-order valence-corrected chi connectivity index (χ2v) is 9.56. The van der Waals surface area contributed by atoms with Gasteiger partial charge in [-0.05, 0) is 66.3 Å². The fourth-order valence-corrected chi connectivity index (χ4v) is 5.54. The summed E-state index contributed by atoms with van der Waals surface area (Å²) in [6, 6.07) is 10.1. The summed E-state index contributed by atoms with van der Waals surface area (Å²) in [7, 11) is 0. The van der Waals surface area contributed by atoms with Crippen LogP contribution in [0.5, 0.6) is 0 Å². The molecule has 1 unspecified atom stereocenters. The van der Waals surface area contributed by atoms with Gasteiger partial charge in [0.05, 0.1) is 16.7 Å². The van der Waals surface area contributed by atoms with Gasteiger partial charge in [-0.2, -0.15) is 13.2 Å². The molecule has 2 aromatic heterocycles. The molecule has 4 N–H and O–H groups in total. The Kier molecular flexibility index (Phi) is 5.85. The number of hydrogen-bond donors (Lipinski definition) is 2. The summed E-state index contributed by atoms with van der Waals surface area (Å²) in [5.41, 5.74) is 14.4. The molecule has 1 aliphatic carbocycles. The number of rotatable bonds is 4. The predicted octanol–water partition coefficient (Wildman–Crippen LogP) is 4.24. The zero-order chi connectivity index (χ0) is 26.5. The molecule has 0 radical (unpaired) electrons. The number of aromatic nitrogens is 2. The van der Waals surface area contributed by atoms with Crippen molar-refractivity contribution >= 4 is 23.2 Å². The maximum atomic E-state index is 13.5. The number of fused-ring (bicyclic) bond motifs is 1. The van der Waals surface area contributed by atoms with Gasteiger partial charge in [0.2, 0.25) is 5.91 Å². The van der Waals surface area contributed by atoms with Crippen molar-refractivity contribution in [1.82, 2.24) is 14.3 Å². The molecule has 0 saturated carbocycles. The molecule has 3 heterocycles. The van der Waals surface area contributed by atoms with Gasteiger partial charge in [0.1, 0.15) is 5.65 Å². The number of imidazole rings is 1. The lowest BCUT2D eigenvalue weighted by atomic mass is 9.64. The van der Waals surface area contributed by atoms with Gasteiger partial charge in [-0.3, -0.25) is 4.79 Å². The normalized spacial score (nSPS) is 20.1. The topological polar surface area (TPSA) is 107 Å². The van der Waals surface area contributed by atoms with Crippen molar-refractivity contribution in [2.24, 2.45) is 16.9 Å². The van der Waals surface area contributed by atoms with E-state index in [1.54, 1.807) is 12.1 Å². The summed E-state index contributed by atoms with van der Waals surface area (Å²) in [5, 5.41) is 0. The molecule has 3 amide bonds. The molecule has 37 heavy (non-hydrogen) atoms. The Labute approximate surface area is 211 Å². The predicted molar refractivity (Wildman–Crippen MR) is 132 cm³/mol. The van der Waals surface area contributed by atoms with Crippen molar-refractivity contribution in [2.45, 2.75) is 32.4 Å². The smallest absolute Gasteiger partial charge is 0.369 e. The third-order valence-corrected chi connectivity index (χ3v) is 7.48. The van der Waals surface area contributed by atoms with E-state index in [-0.39, 0.29) is 25.9 Å². The van der Waals surface area contributed by atoms with Crippen LogP contribution in [0.1, 0.15) is 35.4 Å². The molecule has 7 nitrogen and oxygen atoms in total. The highest BCUT2D eigenvalue weighted by Crippen LogP contribution is 2.49. The summed E-state index contributed by atoms with van der Waals surface area (Å²) in [5.74, 6) is -0.573. The minimum absolute atomic E-state index is 0.0691. The first kappa shape index (κ1) is 24.6. The van der Waals surface area contributed by atoms with E-state index in [4.69, 9.17) is 11.5 Å². The number of benzene rings is 1. The summed E-state index contributed by atoms with van der Waals surface area (Å²) >= 11 is 0. The number of carbonyl (C=O) groups is 2. The molecular weight excluding hydrogens is 483 g/mol. The number of pyridine rings is 1. The van der Waals surface area contributed by atoms with Crippen LogP contribution in [-0.2, 0) is 17.4 Å². The second kappa shape index (κ2) is 8.79. The van der Waals surface area contributed by atoms with Gasteiger partial charge in [-0.1, -0.05) is 24.3 Å². The van der Waals surface area contributed by atoms with Gasteiger partial charge in [0, 0.05) is 31.4 Å². The van der Waals surface area contributed by atoms with Crippen LogP contribution < -0.4 is 11.5 Å². The first-order chi connectivity index (χ1) is 17.5. The second-order valence-electron chi connectivity index (χ2n) is 9.56. The number of halogens is 3. The van der Waals surface area contributed by atoms with E-state index in [1.807, 2.05) is 35.7 Å². The Morgan fingerprint density at radius 3 is 2.62 bits per heavy atom. The van der Waals surface area contributed by atoms with Gasteiger partial charge in [-0.15, -0.1) is 0 Å². The molecule has 0 saturated heterocycles. The van der Waals surface area contributed by atoms with Crippen molar-refractivity contribution in [2.75, 3.05) is 13.1 Å². The third kappa shape index (κ3) is 4.16. The van der Waals surface area contributed by atoms with E-state index >= 15 is 0 Å². The van der Waals surface area contributed by atoms with E-state index in [0.717, 1.165) is 34.7 Å². The number of nitrogens with zero attached hydrogens (tertiary/aromatic N) is 3. The standard InChI is InChI=1S/C27H26F3N5O2/c1-16-22(35-11-3-2-7-23(35)33-16)14-26(24(31)36)10-8-19(17-5-4-6-18(13-17)27(28,29)30)20-9-12-34(25(32)37)15-21(20)26/h2-8,11,13H,9-10,12,14-15H2,1H3,(H2,31,36)(H2,32,37). The Morgan fingerprint density at radius 2 is 1.92 bits per heavy atom. The average molecular weight is 510 g/mol. The lowest BCUT2D eigenvalue weighted by Crippen LogP contribution is -2.50. The number of primary amides is 2. The molecule has 192 valence electrons. The largest absolute Gasteiger partial charge is 0.416 e. The van der Waals surface area contributed by atoms with Gasteiger partial charge >= 0.3 is 12.2 Å². The van der Waals surface area contributed by atoms with Crippen LogP contribution >= 0.6 is 0 Å². The van der Waals surface area contributed by atoms with E-state index in [2.05, 4.69) is 4.98 Å². The number of alkyl halides is 3. The molecule has 0 spiro atoms. The van der Waals surface area contributed by atoms with Crippen molar-refractivity contribution in [3.05, 3.63) is 88.4 Å². The number of urea groups is 1. The molecule has 0 bridgehead atoms. The van der Waals surface area contributed by atoms with Crippen molar-refractivity contribution in [3.8, 4) is 0 Å². The number of hydrogen-bond acceptors (Lipinski definition) is 3. The Balaban J connectivity index is 1.67.